The van der Waals surface area contributed by atoms with Crippen LogP contribution in [-0.4, -0.2) is 69.7 Å². The number of ether oxygens (including phenoxy) is 2. The molecule has 3 heterocycles. The number of sulfonamides is 1. The van der Waals surface area contributed by atoms with Crippen LogP contribution in [0.15, 0.2) is 29.2 Å². The van der Waals surface area contributed by atoms with E-state index in [1.165, 1.54) is 35.0 Å². The Kier molecular flexibility index (Phi) is 5.13. The smallest absolute Gasteiger partial charge is 0.387 e. The van der Waals surface area contributed by atoms with Gasteiger partial charge >= 0.3 is 6.61 Å². The number of rotatable bonds is 5. The molecule has 0 atom stereocenters. The van der Waals surface area contributed by atoms with Gasteiger partial charge in [-0.2, -0.15) is 13.1 Å². The van der Waals surface area contributed by atoms with Crippen molar-refractivity contribution in [3.8, 4) is 5.75 Å². The fourth-order valence-electron chi connectivity index (χ4n) is 4.30. The van der Waals surface area contributed by atoms with E-state index in [1.807, 2.05) is 0 Å². The van der Waals surface area contributed by atoms with Crippen LogP contribution in [0.1, 0.15) is 19.3 Å². The second kappa shape index (κ2) is 7.27. The minimum absolute atomic E-state index is 0.0504. The topological polar surface area (TPSA) is 59.1 Å². The first-order valence-electron chi connectivity index (χ1n) is 9.25. The Balaban J connectivity index is 1.35. The zero-order valence-corrected chi connectivity index (χ0v) is 15.8. The van der Waals surface area contributed by atoms with E-state index in [0.29, 0.717) is 24.5 Å². The summed E-state index contributed by atoms with van der Waals surface area (Å²) in [4.78, 5) is 2.59. The predicted octanol–water partition coefficient (Wildman–Crippen LogP) is 2.16. The van der Waals surface area contributed by atoms with E-state index in [4.69, 9.17) is 4.74 Å². The van der Waals surface area contributed by atoms with E-state index < -0.39 is 16.6 Å². The average molecular weight is 402 g/mol. The average Bonchev–Trinajstić information content (AvgIpc) is 3.08. The summed E-state index contributed by atoms with van der Waals surface area (Å²) < 4.78 is 61.2. The Morgan fingerprint density at radius 3 is 2.30 bits per heavy atom. The van der Waals surface area contributed by atoms with Gasteiger partial charge in [0.25, 0.3) is 0 Å². The first-order valence-corrected chi connectivity index (χ1v) is 10.7. The Labute approximate surface area is 158 Å². The molecule has 6 nitrogen and oxygen atoms in total. The monoisotopic (exact) mass is 402 g/mol. The largest absolute Gasteiger partial charge is 0.435 e. The minimum atomic E-state index is -3.62. The van der Waals surface area contributed by atoms with E-state index in [9.17, 15) is 17.2 Å². The van der Waals surface area contributed by atoms with Crippen molar-refractivity contribution in [2.24, 2.45) is 5.41 Å². The number of hydrogen-bond donors (Lipinski definition) is 0. The lowest BCUT2D eigenvalue weighted by Crippen LogP contribution is -2.49. The Hall–Kier alpha value is -1.29. The Bertz CT molecular complexity index is 760. The van der Waals surface area contributed by atoms with Gasteiger partial charge < -0.3 is 9.47 Å². The summed E-state index contributed by atoms with van der Waals surface area (Å²) in [5.74, 6) is -0.0504. The first-order chi connectivity index (χ1) is 12.9. The van der Waals surface area contributed by atoms with Crippen LogP contribution < -0.4 is 4.74 Å². The maximum Gasteiger partial charge on any atom is 0.387 e. The van der Waals surface area contributed by atoms with Crippen molar-refractivity contribution in [2.75, 3.05) is 39.4 Å². The highest BCUT2D eigenvalue weighted by molar-refractivity contribution is 7.89. The number of nitrogens with zero attached hydrogens (tertiary/aromatic N) is 2. The van der Waals surface area contributed by atoms with E-state index in [-0.39, 0.29) is 10.6 Å². The maximum atomic E-state index is 12.8. The second-order valence-corrected chi connectivity index (χ2v) is 9.64. The van der Waals surface area contributed by atoms with Crippen molar-refractivity contribution in [3.05, 3.63) is 24.3 Å². The molecule has 9 heteroatoms. The fourth-order valence-corrected chi connectivity index (χ4v) is 5.77. The molecule has 3 aliphatic rings. The van der Waals surface area contributed by atoms with Crippen molar-refractivity contribution in [1.29, 1.82) is 0 Å². The Morgan fingerprint density at radius 1 is 1.11 bits per heavy atom. The molecule has 3 aliphatic heterocycles. The standard InChI is InChI=1S/C18H24F2N2O4S/c19-17(20)26-15-1-3-16(4-2-15)27(23,24)22-8-5-14(6-9-22)21-10-7-18(11-21)12-25-13-18/h1-4,14,17H,5-13H2. The highest BCUT2D eigenvalue weighted by Gasteiger charge is 2.46. The molecule has 1 aromatic rings. The lowest BCUT2D eigenvalue weighted by molar-refractivity contribution is -0.106. The van der Waals surface area contributed by atoms with Crippen LogP contribution in [0.4, 0.5) is 8.78 Å². The minimum Gasteiger partial charge on any atom is -0.435 e. The zero-order valence-electron chi connectivity index (χ0n) is 15.0. The van der Waals surface area contributed by atoms with Crippen LogP contribution in [0.2, 0.25) is 0 Å². The van der Waals surface area contributed by atoms with Crippen molar-refractivity contribution in [3.63, 3.8) is 0 Å². The van der Waals surface area contributed by atoms with Gasteiger partial charge in [-0.05, 0) is 50.1 Å². The Morgan fingerprint density at radius 2 is 1.78 bits per heavy atom. The molecule has 0 bridgehead atoms. The molecular formula is C18H24F2N2O4S. The SMILES string of the molecule is O=S(=O)(c1ccc(OC(F)F)cc1)N1CCC(N2CCC3(COC3)C2)CC1. The summed E-state index contributed by atoms with van der Waals surface area (Å²) in [7, 11) is -3.62. The van der Waals surface area contributed by atoms with E-state index in [1.54, 1.807) is 0 Å². The first kappa shape index (κ1) is 19.0. The molecule has 0 aromatic heterocycles. The van der Waals surface area contributed by atoms with E-state index >= 15 is 0 Å². The molecule has 0 amide bonds. The summed E-state index contributed by atoms with van der Waals surface area (Å²) in [6.45, 7) is 1.83. The number of alkyl halides is 2. The number of piperidine rings is 1. The molecule has 0 N–H and O–H groups in total. The van der Waals surface area contributed by atoms with Gasteiger partial charge in [-0.1, -0.05) is 0 Å². The lowest BCUT2D eigenvalue weighted by Gasteiger charge is -2.40. The van der Waals surface area contributed by atoms with Crippen molar-refractivity contribution < 1.29 is 26.7 Å². The third kappa shape index (κ3) is 3.83. The number of halogens is 2. The van der Waals surface area contributed by atoms with Crippen LogP contribution in [0.5, 0.6) is 5.75 Å². The van der Waals surface area contributed by atoms with Gasteiger partial charge in [-0.3, -0.25) is 4.90 Å². The molecule has 0 saturated carbocycles. The molecule has 0 unspecified atom stereocenters. The molecule has 27 heavy (non-hydrogen) atoms. The van der Waals surface area contributed by atoms with E-state index in [0.717, 1.165) is 39.1 Å². The van der Waals surface area contributed by atoms with Crippen LogP contribution in [0.25, 0.3) is 0 Å². The zero-order chi connectivity index (χ0) is 19.1. The van der Waals surface area contributed by atoms with E-state index in [2.05, 4.69) is 9.64 Å². The maximum absolute atomic E-state index is 12.8. The highest BCUT2D eigenvalue weighted by atomic mass is 32.2. The van der Waals surface area contributed by atoms with Crippen molar-refractivity contribution in [1.82, 2.24) is 9.21 Å². The normalized spacial score (nSPS) is 24.4. The van der Waals surface area contributed by atoms with Gasteiger partial charge in [0.1, 0.15) is 5.75 Å². The lowest BCUT2D eigenvalue weighted by atomic mass is 9.85. The molecule has 150 valence electrons. The fraction of sp³-hybridized carbons (Fsp3) is 0.667. The number of hydrogen-bond acceptors (Lipinski definition) is 5. The predicted molar refractivity (Wildman–Crippen MR) is 94.3 cm³/mol. The summed E-state index contributed by atoms with van der Waals surface area (Å²) in [6, 6.07) is 5.57. The molecule has 1 spiro atoms. The quantitative estimate of drug-likeness (QED) is 0.756. The molecule has 1 aromatic carbocycles. The summed E-state index contributed by atoms with van der Waals surface area (Å²) in [5.41, 5.74) is 0.339. The summed E-state index contributed by atoms with van der Waals surface area (Å²) >= 11 is 0. The van der Waals surface area contributed by atoms with Gasteiger partial charge in [0.15, 0.2) is 0 Å². The van der Waals surface area contributed by atoms with Gasteiger partial charge in [0, 0.05) is 31.1 Å². The molecule has 0 radical (unpaired) electrons. The van der Waals surface area contributed by atoms with Gasteiger partial charge in [0.05, 0.1) is 18.1 Å². The summed E-state index contributed by atoms with van der Waals surface area (Å²) in [5, 5.41) is 0. The van der Waals surface area contributed by atoms with Gasteiger partial charge in [0.2, 0.25) is 10.0 Å². The van der Waals surface area contributed by atoms with Gasteiger partial charge in [-0.15, -0.1) is 0 Å². The molecule has 0 aliphatic carbocycles. The van der Waals surface area contributed by atoms with Crippen LogP contribution in [0.3, 0.4) is 0 Å². The van der Waals surface area contributed by atoms with Gasteiger partial charge in [-0.25, -0.2) is 8.42 Å². The molecule has 3 fully saturated rings. The molecule has 3 saturated heterocycles. The van der Waals surface area contributed by atoms with Crippen molar-refractivity contribution in [2.45, 2.75) is 36.8 Å². The summed E-state index contributed by atoms with van der Waals surface area (Å²) in [6.07, 6.45) is 2.78. The van der Waals surface area contributed by atoms with Crippen molar-refractivity contribution >= 4 is 10.0 Å². The third-order valence-corrected chi connectivity index (χ3v) is 7.82. The number of benzene rings is 1. The second-order valence-electron chi connectivity index (χ2n) is 7.70. The van der Waals surface area contributed by atoms with Crippen LogP contribution in [0, 0.1) is 5.41 Å². The van der Waals surface area contributed by atoms with Crippen LogP contribution >= 0.6 is 0 Å². The van der Waals surface area contributed by atoms with Crippen LogP contribution in [-0.2, 0) is 14.8 Å². The highest BCUT2D eigenvalue weighted by Crippen LogP contribution is 2.39. The molecular weight excluding hydrogens is 378 g/mol. The molecule has 4 rings (SSSR count). The number of likely N-dealkylation sites (tertiary alicyclic amines) is 1. The third-order valence-electron chi connectivity index (χ3n) is 5.91.